The van der Waals surface area contributed by atoms with Crippen LogP contribution in [0, 0.1) is 0 Å². The number of hydrogen-bond donors (Lipinski definition) is 0. The quantitative estimate of drug-likeness (QED) is 0.861. The maximum atomic E-state index is 6.07. The molecule has 1 heterocycles. The molecule has 0 N–H and O–H groups in total. The van der Waals surface area contributed by atoms with Gasteiger partial charge in [0.2, 0.25) is 5.28 Å². The molecule has 0 aliphatic carbocycles. The Bertz CT molecular complexity index is 540. The van der Waals surface area contributed by atoms with Crippen molar-refractivity contribution in [3.05, 3.63) is 34.3 Å². The summed E-state index contributed by atoms with van der Waals surface area (Å²) in [5, 5.41) is 8.68. The topological polar surface area (TPSA) is 39.9 Å². The third-order valence-electron chi connectivity index (χ3n) is 2.40. The summed E-state index contributed by atoms with van der Waals surface area (Å²) in [5.74, 6) is 1.41. The van der Waals surface area contributed by atoms with Gasteiger partial charge in [-0.15, -0.1) is 10.2 Å². The Morgan fingerprint density at radius 1 is 1.29 bits per heavy atom. The summed E-state index contributed by atoms with van der Waals surface area (Å²) >= 11 is 12.1. The average molecular weight is 272 g/mol. The average Bonchev–Trinajstić information content (AvgIpc) is 2.70. The summed E-state index contributed by atoms with van der Waals surface area (Å²) in [6.45, 7) is 1.99. The highest BCUT2D eigenvalue weighted by Crippen LogP contribution is 2.28. The number of rotatable bonds is 3. The van der Waals surface area contributed by atoms with Crippen molar-refractivity contribution in [3.63, 3.8) is 0 Å². The van der Waals surface area contributed by atoms with Crippen LogP contribution in [0.1, 0.15) is 12.7 Å². The first-order valence-corrected chi connectivity index (χ1v) is 5.86. The Morgan fingerprint density at radius 3 is 2.65 bits per heavy atom. The SMILES string of the molecule is CCc1nnc(Cl)n1-c1ccc(OC)c(Cl)c1. The van der Waals surface area contributed by atoms with Gasteiger partial charge in [-0.1, -0.05) is 18.5 Å². The molecule has 17 heavy (non-hydrogen) atoms. The molecule has 0 amide bonds. The molecule has 0 atom stereocenters. The number of nitrogens with zero attached hydrogens (tertiary/aromatic N) is 3. The van der Waals surface area contributed by atoms with E-state index < -0.39 is 0 Å². The van der Waals surface area contributed by atoms with E-state index in [0.717, 1.165) is 17.9 Å². The molecule has 2 aromatic rings. The molecular weight excluding hydrogens is 261 g/mol. The zero-order chi connectivity index (χ0) is 12.4. The summed E-state index contributed by atoms with van der Waals surface area (Å²) in [5.41, 5.74) is 0.822. The Balaban J connectivity index is 2.53. The van der Waals surface area contributed by atoms with Crippen LogP contribution in [0.25, 0.3) is 5.69 Å². The van der Waals surface area contributed by atoms with Crippen molar-refractivity contribution in [1.82, 2.24) is 14.8 Å². The van der Waals surface area contributed by atoms with Gasteiger partial charge in [0.15, 0.2) is 0 Å². The highest BCUT2D eigenvalue weighted by Gasteiger charge is 2.12. The molecule has 6 heteroatoms. The van der Waals surface area contributed by atoms with E-state index in [1.54, 1.807) is 23.8 Å². The van der Waals surface area contributed by atoms with Crippen LogP contribution in [0.3, 0.4) is 0 Å². The van der Waals surface area contributed by atoms with Gasteiger partial charge in [-0.3, -0.25) is 4.57 Å². The predicted molar refractivity (Wildman–Crippen MR) is 67.3 cm³/mol. The lowest BCUT2D eigenvalue weighted by atomic mass is 10.3. The fourth-order valence-corrected chi connectivity index (χ4v) is 2.06. The van der Waals surface area contributed by atoms with Crippen LogP contribution in [0.4, 0.5) is 0 Å². The first kappa shape index (κ1) is 12.2. The predicted octanol–water partition coefficient (Wildman–Crippen LogP) is 3.15. The van der Waals surface area contributed by atoms with E-state index >= 15 is 0 Å². The van der Waals surface area contributed by atoms with E-state index in [2.05, 4.69) is 10.2 Å². The van der Waals surface area contributed by atoms with Crippen molar-refractivity contribution in [3.8, 4) is 11.4 Å². The molecule has 0 fully saturated rings. The molecule has 0 spiro atoms. The molecule has 0 aliphatic rings. The van der Waals surface area contributed by atoms with Crippen LogP contribution >= 0.6 is 23.2 Å². The van der Waals surface area contributed by atoms with E-state index in [1.807, 2.05) is 13.0 Å². The monoisotopic (exact) mass is 271 g/mol. The van der Waals surface area contributed by atoms with Crippen molar-refractivity contribution < 1.29 is 4.74 Å². The molecule has 0 aliphatic heterocycles. The standard InChI is InChI=1S/C11H11Cl2N3O/c1-3-10-14-15-11(13)16(10)7-4-5-9(17-2)8(12)6-7/h4-6H,3H2,1-2H3. The smallest absolute Gasteiger partial charge is 0.229 e. The first-order valence-electron chi connectivity index (χ1n) is 5.11. The first-order chi connectivity index (χ1) is 8.17. The van der Waals surface area contributed by atoms with E-state index in [0.29, 0.717) is 16.1 Å². The van der Waals surface area contributed by atoms with E-state index in [-0.39, 0.29) is 0 Å². The van der Waals surface area contributed by atoms with Crippen molar-refractivity contribution >= 4 is 23.2 Å². The lowest BCUT2D eigenvalue weighted by molar-refractivity contribution is 0.415. The molecule has 0 bridgehead atoms. The van der Waals surface area contributed by atoms with Crippen LogP contribution in [0.15, 0.2) is 18.2 Å². The third kappa shape index (κ3) is 2.23. The Hall–Kier alpha value is -1.26. The number of methoxy groups -OCH3 is 1. The summed E-state index contributed by atoms with van der Waals surface area (Å²) in [6.07, 6.45) is 0.739. The van der Waals surface area contributed by atoms with Crippen molar-refractivity contribution in [1.29, 1.82) is 0 Å². The third-order valence-corrected chi connectivity index (χ3v) is 2.94. The van der Waals surface area contributed by atoms with E-state index in [4.69, 9.17) is 27.9 Å². The lowest BCUT2D eigenvalue weighted by Crippen LogP contribution is -2.00. The Kier molecular flexibility index (Phi) is 3.54. The number of benzene rings is 1. The van der Waals surface area contributed by atoms with E-state index in [1.165, 1.54) is 0 Å². The lowest BCUT2D eigenvalue weighted by Gasteiger charge is -2.09. The van der Waals surface area contributed by atoms with Crippen LogP contribution in [0.2, 0.25) is 10.3 Å². The van der Waals surface area contributed by atoms with Gasteiger partial charge < -0.3 is 4.74 Å². The number of halogens is 2. The number of ether oxygens (including phenoxy) is 1. The Labute approximate surface area is 109 Å². The van der Waals surface area contributed by atoms with Gasteiger partial charge in [-0.05, 0) is 29.8 Å². The van der Waals surface area contributed by atoms with Crippen LogP contribution in [-0.4, -0.2) is 21.9 Å². The fraction of sp³-hybridized carbons (Fsp3) is 0.273. The highest BCUT2D eigenvalue weighted by atomic mass is 35.5. The maximum absolute atomic E-state index is 6.07. The molecule has 1 aromatic carbocycles. The number of aryl methyl sites for hydroxylation is 1. The molecule has 2 rings (SSSR count). The minimum absolute atomic E-state index is 0.322. The van der Waals surface area contributed by atoms with E-state index in [9.17, 15) is 0 Å². The zero-order valence-electron chi connectivity index (χ0n) is 9.44. The Morgan fingerprint density at radius 2 is 2.06 bits per heavy atom. The molecule has 0 unspecified atom stereocenters. The maximum Gasteiger partial charge on any atom is 0.229 e. The zero-order valence-corrected chi connectivity index (χ0v) is 11.0. The van der Waals surface area contributed by atoms with Gasteiger partial charge in [0.25, 0.3) is 0 Å². The molecular formula is C11H11Cl2N3O. The number of aromatic nitrogens is 3. The molecule has 0 radical (unpaired) electrons. The summed E-state index contributed by atoms with van der Waals surface area (Å²) < 4.78 is 6.86. The highest BCUT2D eigenvalue weighted by molar-refractivity contribution is 6.32. The molecule has 90 valence electrons. The van der Waals surface area contributed by atoms with Gasteiger partial charge >= 0.3 is 0 Å². The second kappa shape index (κ2) is 4.94. The van der Waals surface area contributed by atoms with Gasteiger partial charge in [0.1, 0.15) is 11.6 Å². The summed E-state index contributed by atoms with van der Waals surface area (Å²) in [4.78, 5) is 0. The molecule has 0 saturated heterocycles. The van der Waals surface area contributed by atoms with Crippen molar-refractivity contribution in [2.75, 3.05) is 7.11 Å². The van der Waals surface area contributed by atoms with Gasteiger partial charge in [-0.25, -0.2) is 0 Å². The second-order valence-electron chi connectivity index (χ2n) is 3.39. The van der Waals surface area contributed by atoms with Gasteiger partial charge in [-0.2, -0.15) is 0 Å². The summed E-state index contributed by atoms with van der Waals surface area (Å²) in [6, 6.07) is 5.42. The van der Waals surface area contributed by atoms with Gasteiger partial charge in [0.05, 0.1) is 17.8 Å². The van der Waals surface area contributed by atoms with Crippen molar-refractivity contribution in [2.45, 2.75) is 13.3 Å². The van der Waals surface area contributed by atoms with Crippen molar-refractivity contribution in [2.24, 2.45) is 0 Å². The molecule has 4 nitrogen and oxygen atoms in total. The molecule has 1 aromatic heterocycles. The normalized spacial score (nSPS) is 10.6. The molecule has 0 saturated carbocycles. The van der Waals surface area contributed by atoms with Gasteiger partial charge in [0, 0.05) is 6.42 Å². The van der Waals surface area contributed by atoms with Crippen LogP contribution in [0.5, 0.6) is 5.75 Å². The summed E-state index contributed by atoms with van der Waals surface area (Å²) in [7, 11) is 1.57. The van der Waals surface area contributed by atoms with Crippen LogP contribution < -0.4 is 4.74 Å². The minimum atomic E-state index is 0.322. The largest absolute Gasteiger partial charge is 0.495 e. The fourth-order valence-electron chi connectivity index (χ4n) is 1.57. The minimum Gasteiger partial charge on any atom is -0.495 e. The number of hydrogen-bond acceptors (Lipinski definition) is 3. The second-order valence-corrected chi connectivity index (χ2v) is 4.14. The van der Waals surface area contributed by atoms with Crippen LogP contribution in [-0.2, 0) is 6.42 Å².